The number of benzene rings is 2. The highest BCUT2D eigenvalue weighted by Crippen LogP contribution is 2.34. The molecule has 10 heteroatoms. The third-order valence-corrected chi connectivity index (χ3v) is 5.10. The number of hydrogen-bond acceptors (Lipinski definition) is 4. The van der Waals surface area contributed by atoms with Crippen LogP contribution in [0.15, 0.2) is 46.6 Å². The summed E-state index contributed by atoms with van der Waals surface area (Å²) in [6, 6.07) is 9.13. The average Bonchev–Trinajstić information content (AvgIpc) is 2.88. The van der Waals surface area contributed by atoms with Crippen LogP contribution < -0.4 is 15.0 Å². The molecule has 3 rings (SSSR count). The number of carbonyl (C=O) groups excluding carboxylic acids is 2. The van der Waals surface area contributed by atoms with Crippen LogP contribution in [-0.4, -0.2) is 29.6 Å². The third-order valence-electron chi connectivity index (χ3n) is 3.64. The number of rotatable bonds is 5. The number of ether oxygens (including phenoxy) is 1. The van der Waals surface area contributed by atoms with E-state index in [2.05, 4.69) is 43.8 Å². The lowest BCUT2D eigenvalue weighted by atomic mass is 10.1. The Hall–Kier alpha value is -2.11. The van der Waals surface area contributed by atoms with E-state index in [1.165, 1.54) is 6.08 Å². The molecule has 28 heavy (non-hydrogen) atoms. The highest BCUT2D eigenvalue weighted by molar-refractivity contribution is 14.1. The van der Waals surface area contributed by atoms with Crippen molar-refractivity contribution >= 4 is 79.8 Å². The summed E-state index contributed by atoms with van der Waals surface area (Å²) in [5.74, 6) is -1.43. The minimum atomic E-state index is -1.14. The van der Waals surface area contributed by atoms with E-state index in [1.54, 1.807) is 36.4 Å². The first-order valence-electron chi connectivity index (χ1n) is 7.72. The first-order chi connectivity index (χ1) is 13.3. The van der Waals surface area contributed by atoms with E-state index in [0.717, 1.165) is 8.47 Å². The maximum absolute atomic E-state index is 12.7. The van der Waals surface area contributed by atoms with Gasteiger partial charge in [-0.2, -0.15) is 0 Å². The van der Waals surface area contributed by atoms with Crippen LogP contribution in [0.5, 0.6) is 5.75 Å². The van der Waals surface area contributed by atoms with Crippen molar-refractivity contribution in [2.24, 2.45) is 0 Å². The summed E-state index contributed by atoms with van der Waals surface area (Å²) in [6.45, 7) is -0.549. The fourth-order valence-electron chi connectivity index (χ4n) is 2.49. The second kappa shape index (κ2) is 8.50. The Morgan fingerprint density at radius 1 is 1.29 bits per heavy atom. The van der Waals surface area contributed by atoms with E-state index in [9.17, 15) is 14.4 Å². The zero-order valence-electron chi connectivity index (χ0n) is 13.9. The molecule has 0 atom stereocenters. The van der Waals surface area contributed by atoms with Crippen molar-refractivity contribution in [3.8, 4) is 5.75 Å². The molecule has 0 saturated carbocycles. The Morgan fingerprint density at radius 3 is 2.61 bits per heavy atom. The molecule has 144 valence electrons. The Kier molecular flexibility index (Phi) is 6.26. The number of halogens is 3. The van der Waals surface area contributed by atoms with E-state index >= 15 is 0 Å². The quantitative estimate of drug-likeness (QED) is 0.315. The minimum absolute atomic E-state index is 0.0361. The van der Waals surface area contributed by atoms with Gasteiger partial charge in [0, 0.05) is 14.2 Å². The summed E-state index contributed by atoms with van der Waals surface area (Å²) >= 11 is 11.3. The number of carboxylic acids is 1. The van der Waals surface area contributed by atoms with E-state index in [1.807, 2.05) is 0 Å². The van der Waals surface area contributed by atoms with Gasteiger partial charge in [0.2, 0.25) is 0 Å². The highest BCUT2D eigenvalue weighted by Gasteiger charge is 2.35. The van der Waals surface area contributed by atoms with Crippen molar-refractivity contribution < 1.29 is 24.2 Å². The van der Waals surface area contributed by atoms with Crippen molar-refractivity contribution in [2.75, 3.05) is 11.5 Å². The van der Waals surface area contributed by atoms with Crippen LogP contribution in [-0.2, 0) is 9.59 Å². The number of nitrogens with one attached hydrogen (secondary N) is 1. The Balaban J connectivity index is 1.97. The molecule has 3 amide bonds. The molecule has 0 bridgehead atoms. The van der Waals surface area contributed by atoms with E-state index in [0.29, 0.717) is 20.7 Å². The first kappa shape index (κ1) is 20.6. The molecule has 2 aromatic rings. The van der Waals surface area contributed by atoms with Gasteiger partial charge in [-0.05, 0) is 81.0 Å². The summed E-state index contributed by atoms with van der Waals surface area (Å²) in [5, 5.41) is 11.9. The Morgan fingerprint density at radius 2 is 1.96 bits per heavy atom. The molecule has 0 spiro atoms. The third kappa shape index (κ3) is 4.47. The second-order valence-electron chi connectivity index (χ2n) is 5.59. The second-order valence-corrected chi connectivity index (χ2v) is 8.13. The lowest BCUT2D eigenvalue weighted by molar-refractivity contribution is -0.139. The smallest absolute Gasteiger partial charge is 0.341 e. The monoisotopic (exact) mass is 576 g/mol. The van der Waals surface area contributed by atoms with Crippen molar-refractivity contribution in [2.45, 2.75) is 0 Å². The van der Waals surface area contributed by atoms with Gasteiger partial charge in [-0.1, -0.05) is 11.6 Å². The fraction of sp³-hybridized carbons (Fsp3) is 0.0556. The fourth-order valence-corrected chi connectivity index (χ4v) is 4.28. The number of urea groups is 1. The SMILES string of the molecule is O=C(O)COc1c(Br)cc(I)cc1/C=C1/NC(=O)N(c2ccc(Cl)cc2)C1=O. The Labute approximate surface area is 186 Å². The van der Waals surface area contributed by atoms with Gasteiger partial charge in [0.15, 0.2) is 6.61 Å². The van der Waals surface area contributed by atoms with Crippen LogP contribution in [0.3, 0.4) is 0 Å². The standard InChI is InChI=1S/C18H11BrClIN2O5/c19-13-7-11(21)5-9(16(13)28-8-15(24)25)6-14-17(26)23(18(27)22-14)12-3-1-10(20)2-4-12/h1-7H,8H2,(H,22,27)(H,24,25)/b14-6+. The van der Waals surface area contributed by atoms with Crippen LogP contribution in [0.25, 0.3) is 6.08 Å². The van der Waals surface area contributed by atoms with Crippen LogP contribution in [0.4, 0.5) is 10.5 Å². The molecule has 1 fully saturated rings. The number of carbonyl (C=O) groups is 3. The van der Waals surface area contributed by atoms with Gasteiger partial charge < -0.3 is 15.2 Å². The van der Waals surface area contributed by atoms with E-state index in [-0.39, 0.29) is 11.4 Å². The summed E-state index contributed by atoms with van der Waals surface area (Å²) in [6.07, 6.45) is 1.44. The summed E-state index contributed by atoms with van der Waals surface area (Å²) < 4.78 is 6.69. The number of anilines is 1. The number of carboxylic acid groups (broad SMARTS) is 1. The highest BCUT2D eigenvalue weighted by atomic mass is 127. The Bertz CT molecular complexity index is 1010. The molecular formula is C18H11BrClIN2O5. The molecule has 1 heterocycles. The molecule has 0 aliphatic carbocycles. The molecule has 2 N–H and O–H groups in total. The largest absolute Gasteiger partial charge is 0.480 e. The van der Waals surface area contributed by atoms with Gasteiger partial charge in [0.25, 0.3) is 5.91 Å². The molecule has 1 saturated heterocycles. The predicted molar refractivity (Wildman–Crippen MR) is 115 cm³/mol. The van der Waals surface area contributed by atoms with Crippen LogP contribution >= 0.6 is 50.1 Å². The van der Waals surface area contributed by atoms with Crippen molar-refractivity contribution in [3.05, 3.63) is 60.7 Å². The van der Waals surface area contributed by atoms with Crippen LogP contribution in [0.2, 0.25) is 5.02 Å². The normalized spacial score (nSPS) is 15.1. The van der Waals surface area contributed by atoms with Gasteiger partial charge in [-0.3, -0.25) is 4.79 Å². The lowest BCUT2D eigenvalue weighted by Crippen LogP contribution is -2.30. The molecule has 1 aliphatic rings. The predicted octanol–water partition coefficient (Wildman–Crippen LogP) is 4.27. The number of imide groups is 1. The number of aliphatic carboxylic acids is 1. The first-order valence-corrected chi connectivity index (χ1v) is 9.97. The maximum Gasteiger partial charge on any atom is 0.341 e. The van der Waals surface area contributed by atoms with E-state index < -0.39 is 24.5 Å². The molecule has 0 aromatic heterocycles. The van der Waals surface area contributed by atoms with Gasteiger partial charge in [-0.25, -0.2) is 14.5 Å². The molecule has 1 aliphatic heterocycles. The molecule has 2 aromatic carbocycles. The maximum atomic E-state index is 12.7. The molecule has 0 radical (unpaired) electrons. The number of hydrogen-bond donors (Lipinski definition) is 2. The van der Waals surface area contributed by atoms with Gasteiger partial charge in [0.05, 0.1) is 10.2 Å². The molecular weight excluding hydrogens is 566 g/mol. The summed E-state index contributed by atoms with van der Waals surface area (Å²) in [5.41, 5.74) is 0.858. The summed E-state index contributed by atoms with van der Waals surface area (Å²) in [4.78, 5) is 36.9. The van der Waals surface area contributed by atoms with Gasteiger partial charge >= 0.3 is 12.0 Å². The minimum Gasteiger partial charge on any atom is -0.480 e. The van der Waals surface area contributed by atoms with Crippen LogP contribution in [0.1, 0.15) is 5.56 Å². The van der Waals surface area contributed by atoms with Crippen molar-refractivity contribution in [1.29, 1.82) is 0 Å². The van der Waals surface area contributed by atoms with Crippen LogP contribution in [0, 0.1) is 3.57 Å². The molecule has 7 nitrogen and oxygen atoms in total. The topological polar surface area (TPSA) is 95.9 Å². The number of nitrogens with zero attached hydrogens (tertiary/aromatic N) is 1. The summed E-state index contributed by atoms with van der Waals surface area (Å²) in [7, 11) is 0. The van der Waals surface area contributed by atoms with Crippen molar-refractivity contribution in [1.82, 2.24) is 5.32 Å². The molecule has 0 unspecified atom stereocenters. The lowest BCUT2D eigenvalue weighted by Gasteiger charge is -2.12. The van der Waals surface area contributed by atoms with Crippen molar-refractivity contribution in [3.63, 3.8) is 0 Å². The number of amides is 3. The zero-order chi connectivity index (χ0) is 20.4. The average molecular weight is 578 g/mol. The van der Waals surface area contributed by atoms with Gasteiger partial charge in [0.1, 0.15) is 11.4 Å². The van der Waals surface area contributed by atoms with Gasteiger partial charge in [-0.15, -0.1) is 0 Å². The zero-order valence-corrected chi connectivity index (χ0v) is 18.4. The van der Waals surface area contributed by atoms with E-state index in [4.69, 9.17) is 21.4 Å².